The van der Waals surface area contributed by atoms with Crippen molar-refractivity contribution in [2.75, 3.05) is 5.75 Å². The quantitative estimate of drug-likeness (QED) is 0.763. The summed E-state index contributed by atoms with van der Waals surface area (Å²) in [6.07, 6.45) is 4.21. The second-order valence-corrected chi connectivity index (χ2v) is 4.44. The first-order valence-electron chi connectivity index (χ1n) is 4.28. The number of furan rings is 1. The fourth-order valence-electron chi connectivity index (χ4n) is 1.55. The van der Waals surface area contributed by atoms with Gasteiger partial charge in [-0.05, 0) is 30.7 Å². The Hall–Kier alpha value is -0.410. The third kappa shape index (κ3) is 1.52. The van der Waals surface area contributed by atoms with Crippen molar-refractivity contribution in [3.63, 3.8) is 0 Å². The molecule has 0 aliphatic carbocycles. The summed E-state index contributed by atoms with van der Waals surface area (Å²) in [7, 11) is 0. The summed E-state index contributed by atoms with van der Waals surface area (Å²) in [6.45, 7) is 0. The predicted octanol–water partition coefficient (Wildman–Crippen LogP) is 2.17. The van der Waals surface area contributed by atoms with E-state index in [2.05, 4.69) is 0 Å². The molecule has 12 heavy (non-hydrogen) atoms. The van der Waals surface area contributed by atoms with E-state index in [0.29, 0.717) is 5.25 Å². The molecular formula is C9H13NOS. The van der Waals surface area contributed by atoms with Gasteiger partial charge in [-0.25, -0.2) is 0 Å². The van der Waals surface area contributed by atoms with Gasteiger partial charge in [0.1, 0.15) is 5.76 Å². The van der Waals surface area contributed by atoms with Crippen LogP contribution in [0.15, 0.2) is 22.8 Å². The zero-order chi connectivity index (χ0) is 8.39. The van der Waals surface area contributed by atoms with Crippen LogP contribution in [0.2, 0.25) is 0 Å². The first-order chi connectivity index (χ1) is 5.88. The van der Waals surface area contributed by atoms with Crippen LogP contribution in [0.3, 0.4) is 0 Å². The van der Waals surface area contributed by atoms with Gasteiger partial charge in [-0.2, -0.15) is 11.8 Å². The first kappa shape index (κ1) is 8.20. The van der Waals surface area contributed by atoms with Crippen LogP contribution in [0, 0.1) is 0 Å². The Balaban J connectivity index is 2.04. The topological polar surface area (TPSA) is 39.2 Å². The van der Waals surface area contributed by atoms with Gasteiger partial charge < -0.3 is 10.2 Å². The van der Waals surface area contributed by atoms with Gasteiger partial charge in [-0.3, -0.25) is 0 Å². The molecule has 1 aliphatic heterocycles. The highest BCUT2D eigenvalue weighted by Gasteiger charge is 2.25. The lowest BCUT2D eigenvalue weighted by molar-refractivity contribution is 0.455. The van der Waals surface area contributed by atoms with Crippen molar-refractivity contribution in [3.05, 3.63) is 24.2 Å². The summed E-state index contributed by atoms with van der Waals surface area (Å²) in [6, 6.07) is 3.95. The molecule has 1 saturated heterocycles. The van der Waals surface area contributed by atoms with Crippen LogP contribution in [0.5, 0.6) is 0 Å². The van der Waals surface area contributed by atoms with Crippen molar-refractivity contribution < 1.29 is 4.42 Å². The van der Waals surface area contributed by atoms with Crippen molar-refractivity contribution in [1.82, 2.24) is 0 Å². The van der Waals surface area contributed by atoms with Crippen molar-refractivity contribution in [2.24, 2.45) is 5.73 Å². The maximum Gasteiger partial charge on any atom is 0.121 e. The summed E-state index contributed by atoms with van der Waals surface area (Å²) in [5.41, 5.74) is 6.03. The summed E-state index contributed by atoms with van der Waals surface area (Å²) < 4.78 is 5.27. The van der Waals surface area contributed by atoms with Crippen LogP contribution < -0.4 is 5.73 Å². The molecule has 1 aromatic heterocycles. The summed E-state index contributed by atoms with van der Waals surface area (Å²) in [5.74, 6) is 2.17. The zero-order valence-electron chi connectivity index (χ0n) is 6.90. The average molecular weight is 183 g/mol. The zero-order valence-corrected chi connectivity index (χ0v) is 7.72. The Labute approximate surface area is 76.5 Å². The average Bonchev–Trinajstić information content (AvgIpc) is 2.77. The Morgan fingerprint density at radius 2 is 2.58 bits per heavy atom. The summed E-state index contributed by atoms with van der Waals surface area (Å²) in [4.78, 5) is 0. The van der Waals surface area contributed by atoms with Gasteiger partial charge in [0.25, 0.3) is 0 Å². The van der Waals surface area contributed by atoms with Crippen LogP contribution in [0.25, 0.3) is 0 Å². The first-order valence-corrected chi connectivity index (χ1v) is 5.33. The van der Waals surface area contributed by atoms with Crippen LogP contribution in [-0.4, -0.2) is 11.0 Å². The van der Waals surface area contributed by atoms with Crippen LogP contribution in [0.4, 0.5) is 0 Å². The smallest absolute Gasteiger partial charge is 0.121 e. The Bertz CT molecular complexity index is 229. The number of nitrogens with two attached hydrogens (primary N) is 1. The molecule has 1 fully saturated rings. The van der Waals surface area contributed by atoms with E-state index in [4.69, 9.17) is 10.2 Å². The minimum absolute atomic E-state index is 0.0903. The fourth-order valence-corrected chi connectivity index (χ4v) is 2.86. The summed E-state index contributed by atoms with van der Waals surface area (Å²) in [5, 5.41) is 0.566. The van der Waals surface area contributed by atoms with Crippen LogP contribution in [0.1, 0.15) is 24.6 Å². The molecule has 0 spiro atoms. The molecule has 1 aromatic rings. The molecule has 0 aromatic carbocycles. The lowest BCUT2D eigenvalue weighted by Crippen LogP contribution is -2.20. The van der Waals surface area contributed by atoms with Gasteiger partial charge in [0.05, 0.1) is 12.3 Å². The second-order valence-electron chi connectivity index (χ2n) is 3.09. The maximum atomic E-state index is 6.03. The van der Waals surface area contributed by atoms with Crippen molar-refractivity contribution in [2.45, 2.75) is 24.1 Å². The molecule has 2 heterocycles. The third-order valence-electron chi connectivity index (χ3n) is 2.24. The van der Waals surface area contributed by atoms with Crippen molar-refractivity contribution in [3.8, 4) is 0 Å². The molecule has 2 N–H and O–H groups in total. The van der Waals surface area contributed by atoms with E-state index in [0.717, 1.165) is 5.76 Å². The van der Waals surface area contributed by atoms with Gasteiger partial charge in [-0.15, -0.1) is 0 Å². The van der Waals surface area contributed by atoms with E-state index in [1.807, 2.05) is 23.9 Å². The number of thioether (sulfide) groups is 1. The van der Waals surface area contributed by atoms with Gasteiger partial charge in [0, 0.05) is 5.25 Å². The SMILES string of the molecule is NC(c1ccco1)C1CCCS1. The minimum atomic E-state index is 0.0903. The van der Waals surface area contributed by atoms with Crippen molar-refractivity contribution in [1.29, 1.82) is 0 Å². The monoisotopic (exact) mass is 183 g/mol. The highest BCUT2D eigenvalue weighted by atomic mass is 32.2. The lowest BCUT2D eigenvalue weighted by Gasteiger charge is -2.14. The molecule has 0 amide bonds. The molecule has 2 nitrogen and oxygen atoms in total. The second kappa shape index (κ2) is 3.54. The van der Waals surface area contributed by atoms with Crippen LogP contribution in [-0.2, 0) is 0 Å². The standard InChI is InChI=1S/C9H13NOS/c10-9(7-3-1-5-11-7)8-4-2-6-12-8/h1,3,5,8-9H,2,4,6,10H2. The van der Waals surface area contributed by atoms with E-state index >= 15 is 0 Å². The highest BCUT2D eigenvalue weighted by molar-refractivity contribution is 8.00. The van der Waals surface area contributed by atoms with Gasteiger partial charge in [-0.1, -0.05) is 0 Å². The Kier molecular flexibility index (Phi) is 2.42. The largest absolute Gasteiger partial charge is 0.468 e. The molecule has 2 atom stereocenters. The van der Waals surface area contributed by atoms with E-state index in [-0.39, 0.29) is 6.04 Å². The number of hydrogen-bond acceptors (Lipinski definition) is 3. The van der Waals surface area contributed by atoms with E-state index in [1.165, 1.54) is 18.6 Å². The molecule has 0 saturated carbocycles. The number of hydrogen-bond donors (Lipinski definition) is 1. The Morgan fingerprint density at radius 3 is 3.17 bits per heavy atom. The minimum Gasteiger partial charge on any atom is -0.468 e. The van der Waals surface area contributed by atoms with E-state index < -0.39 is 0 Å². The molecule has 0 radical (unpaired) electrons. The molecule has 0 bridgehead atoms. The molecule has 2 unspecified atom stereocenters. The molecular weight excluding hydrogens is 170 g/mol. The molecule has 1 aliphatic rings. The highest BCUT2D eigenvalue weighted by Crippen LogP contribution is 2.34. The van der Waals surface area contributed by atoms with Crippen LogP contribution >= 0.6 is 11.8 Å². The normalized spacial score (nSPS) is 25.9. The van der Waals surface area contributed by atoms with Gasteiger partial charge in [0.2, 0.25) is 0 Å². The molecule has 2 rings (SSSR count). The van der Waals surface area contributed by atoms with Gasteiger partial charge in [0.15, 0.2) is 0 Å². The summed E-state index contributed by atoms with van der Waals surface area (Å²) >= 11 is 1.96. The molecule has 66 valence electrons. The number of rotatable bonds is 2. The Morgan fingerprint density at radius 1 is 1.67 bits per heavy atom. The third-order valence-corrected chi connectivity index (χ3v) is 3.72. The fraction of sp³-hybridized carbons (Fsp3) is 0.556. The van der Waals surface area contributed by atoms with Gasteiger partial charge >= 0.3 is 0 Å². The molecule has 3 heteroatoms. The maximum absolute atomic E-state index is 6.03. The van der Waals surface area contributed by atoms with E-state index in [1.54, 1.807) is 6.26 Å². The predicted molar refractivity (Wildman–Crippen MR) is 51.1 cm³/mol. The lowest BCUT2D eigenvalue weighted by atomic mass is 10.1. The van der Waals surface area contributed by atoms with E-state index in [9.17, 15) is 0 Å². The van der Waals surface area contributed by atoms with Crippen molar-refractivity contribution >= 4 is 11.8 Å².